The highest BCUT2D eigenvalue weighted by molar-refractivity contribution is 8.01. The molecule has 2 aromatic rings. The number of thiazole rings is 1. The molecule has 0 aliphatic heterocycles. The van der Waals surface area contributed by atoms with Crippen molar-refractivity contribution in [1.29, 1.82) is 0 Å². The SMILES string of the molecule is Cc1ccc(NC(=O)CSc2nc(C(C)(C)C)cs2)cc1Cl. The van der Waals surface area contributed by atoms with Crippen LogP contribution < -0.4 is 5.32 Å². The maximum Gasteiger partial charge on any atom is 0.234 e. The molecule has 0 saturated carbocycles. The molecule has 0 atom stereocenters. The quantitative estimate of drug-likeness (QED) is 0.773. The van der Waals surface area contributed by atoms with Crippen molar-refractivity contribution >= 4 is 46.3 Å². The van der Waals surface area contributed by atoms with E-state index in [0.29, 0.717) is 10.8 Å². The van der Waals surface area contributed by atoms with Crippen molar-refractivity contribution in [2.75, 3.05) is 11.1 Å². The summed E-state index contributed by atoms with van der Waals surface area (Å²) in [5, 5.41) is 5.56. The van der Waals surface area contributed by atoms with Gasteiger partial charge in [0.2, 0.25) is 5.91 Å². The molecule has 0 saturated heterocycles. The standard InChI is InChI=1S/C16H19ClN2OS2/c1-10-5-6-11(7-12(10)17)18-14(20)9-22-15-19-13(8-21-15)16(2,3)4/h5-8H,9H2,1-4H3,(H,18,20). The van der Waals surface area contributed by atoms with Crippen LogP contribution in [-0.4, -0.2) is 16.6 Å². The number of aromatic nitrogens is 1. The molecule has 118 valence electrons. The van der Waals surface area contributed by atoms with Crippen LogP contribution in [0, 0.1) is 6.92 Å². The number of benzene rings is 1. The first kappa shape index (κ1) is 17.3. The lowest BCUT2D eigenvalue weighted by Crippen LogP contribution is -2.14. The molecule has 6 heteroatoms. The van der Waals surface area contributed by atoms with Crippen molar-refractivity contribution in [2.45, 2.75) is 37.4 Å². The molecule has 1 amide bonds. The smallest absolute Gasteiger partial charge is 0.234 e. The summed E-state index contributed by atoms with van der Waals surface area (Å²) in [7, 11) is 0. The molecular formula is C16H19ClN2OS2. The number of anilines is 1. The molecule has 22 heavy (non-hydrogen) atoms. The molecule has 0 fully saturated rings. The van der Waals surface area contributed by atoms with Crippen LogP contribution in [0.1, 0.15) is 32.0 Å². The number of nitrogens with zero attached hydrogens (tertiary/aromatic N) is 1. The average Bonchev–Trinajstić information content (AvgIpc) is 2.89. The highest BCUT2D eigenvalue weighted by atomic mass is 35.5. The summed E-state index contributed by atoms with van der Waals surface area (Å²) in [5.41, 5.74) is 2.81. The molecule has 0 bridgehead atoms. The van der Waals surface area contributed by atoms with E-state index < -0.39 is 0 Å². The minimum atomic E-state index is -0.0579. The third kappa shape index (κ3) is 4.73. The van der Waals surface area contributed by atoms with Crippen LogP contribution in [0.4, 0.5) is 5.69 Å². The van der Waals surface area contributed by atoms with E-state index in [0.717, 1.165) is 21.3 Å². The fourth-order valence-electron chi connectivity index (χ4n) is 1.66. The van der Waals surface area contributed by atoms with E-state index in [-0.39, 0.29) is 11.3 Å². The summed E-state index contributed by atoms with van der Waals surface area (Å²) in [4.78, 5) is 16.6. The Morgan fingerprint density at radius 1 is 1.41 bits per heavy atom. The number of amides is 1. The van der Waals surface area contributed by atoms with Crippen LogP contribution in [0.5, 0.6) is 0 Å². The second kappa shape index (κ2) is 7.02. The first-order valence-electron chi connectivity index (χ1n) is 6.90. The highest BCUT2D eigenvalue weighted by Crippen LogP contribution is 2.29. The molecular weight excluding hydrogens is 336 g/mol. The Balaban J connectivity index is 1.90. The predicted molar refractivity (Wildman–Crippen MR) is 96.4 cm³/mol. The number of carbonyl (C=O) groups excluding carboxylic acids is 1. The van der Waals surface area contributed by atoms with Crippen molar-refractivity contribution in [3.05, 3.63) is 39.9 Å². The van der Waals surface area contributed by atoms with Gasteiger partial charge in [0, 0.05) is 21.5 Å². The lowest BCUT2D eigenvalue weighted by molar-refractivity contribution is -0.113. The van der Waals surface area contributed by atoms with E-state index in [1.807, 2.05) is 19.1 Å². The number of aryl methyl sites for hydroxylation is 1. The first-order valence-corrected chi connectivity index (χ1v) is 9.15. The van der Waals surface area contributed by atoms with Gasteiger partial charge < -0.3 is 5.32 Å². The first-order chi connectivity index (χ1) is 10.3. The van der Waals surface area contributed by atoms with E-state index in [4.69, 9.17) is 11.6 Å². The lowest BCUT2D eigenvalue weighted by Gasteiger charge is -2.14. The van der Waals surface area contributed by atoms with E-state index in [9.17, 15) is 4.79 Å². The zero-order valence-electron chi connectivity index (χ0n) is 13.1. The van der Waals surface area contributed by atoms with Crippen molar-refractivity contribution < 1.29 is 4.79 Å². The Kier molecular flexibility index (Phi) is 5.53. The monoisotopic (exact) mass is 354 g/mol. The molecule has 0 aliphatic carbocycles. The van der Waals surface area contributed by atoms with Crippen LogP contribution in [0.2, 0.25) is 5.02 Å². The van der Waals surface area contributed by atoms with Crippen LogP contribution in [0.15, 0.2) is 27.9 Å². The van der Waals surface area contributed by atoms with Gasteiger partial charge in [-0.15, -0.1) is 11.3 Å². The van der Waals surface area contributed by atoms with Gasteiger partial charge in [-0.1, -0.05) is 50.2 Å². The number of nitrogens with one attached hydrogen (secondary N) is 1. The van der Waals surface area contributed by atoms with Crippen molar-refractivity contribution in [2.24, 2.45) is 0 Å². The molecule has 0 unspecified atom stereocenters. The van der Waals surface area contributed by atoms with E-state index >= 15 is 0 Å². The van der Waals surface area contributed by atoms with Gasteiger partial charge in [0.25, 0.3) is 0 Å². The lowest BCUT2D eigenvalue weighted by atomic mass is 9.93. The van der Waals surface area contributed by atoms with Crippen LogP contribution in [0.25, 0.3) is 0 Å². The zero-order valence-corrected chi connectivity index (χ0v) is 15.5. The Labute approximate surface area is 144 Å². The fraction of sp³-hybridized carbons (Fsp3) is 0.375. The van der Waals surface area contributed by atoms with Gasteiger partial charge in [-0.25, -0.2) is 4.98 Å². The molecule has 1 N–H and O–H groups in total. The summed E-state index contributed by atoms with van der Waals surface area (Å²) in [6, 6.07) is 5.51. The van der Waals surface area contributed by atoms with E-state index in [1.54, 1.807) is 17.4 Å². The minimum Gasteiger partial charge on any atom is -0.325 e. The number of thioether (sulfide) groups is 1. The third-order valence-corrected chi connectivity index (χ3v) is 5.46. The van der Waals surface area contributed by atoms with Gasteiger partial charge >= 0.3 is 0 Å². The number of hydrogen-bond donors (Lipinski definition) is 1. The topological polar surface area (TPSA) is 42.0 Å². The largest absolute Gasteiger partial charge is 0.325 e. The van der Waals surface area contributed by atoms with Gasteiger partial charge in [-0.05, 0) is 24.6 Å². The zero-order chi connectivity index (χ0) is 16.3. The maximum absolute atomic E-state index is 12.0. The van der Waals surface area contributed by atoms with Crippen LogP contribution in [-0.2, 0) is 10.2 Å². The van der Waals surface area contributed by atoms with Crippen molar-refractivity contribution in [1.82, 2.24) is 4.98 Å². The van der Waals surface area contributed by atoms with Gasteiger partial charge in [-0.2, -0.15) is 0 Å². The second-order valence-electron chi connectivity index (χ2n) is 6.05. The Morgan fingerprint density at radius 2 is 2.14 bits per heavy atom. The summed E-state index contributed by atoms with van der Waals surface area (Å²) in [5.74, 6) is 0.278. The maximum atomic E-state index is 12.0. The predicted octanol–water partition coefficient (Wildman–Crippen LogP) is 5.13. The van der Waals surface area contributed by atoms with Crippen molar-refractivity contribution in [3.63, 3.8) is 0 Å². The molecule has 1 aromatic heterocycles. The van der Waals surface area contributed by atoms with E-state index in [1.165, 1.54) is 11.8 Å². The molecule has 1 aromatic carbocycles. The van der Waals surface area contributed by atoms with Gasteiger partial charge in [0.15, 0.2) is 4.34 Å². The fourth-order valence-corrected chi connectivity index (χ4v) is 3.70. The van der Waals surface area contributed by atoms with Crippen molar-refractivity contribution in [3.8, 4) is 0 Å². The summed E-state index contributed by atoms with van der Waals surface area (Å²) >= 11 is 9.09. The van der Waals surface area contributed by atoms with Crippen LogP contribution in [0.3, 0.4) is 0 Å². The summed E-state index contributed by atoms with van der Waals surface area (Å²) < 4.78 is 0.919. The van der Waals surface area contributed by atoms with Gasteiger partial charge in [0.05, 0.1) is 11.4 Å². The molecule has 1 heterocycles. The molecule has 0 aliphatic rings. The molecule has 0 spiro atoms. The van der Waals surface area contributed by atoms with Gasteiger partial charge in [0.1, 0.15) is 0 Å². The molecule has 3 nitrogen and oxygen atoms in total. The average molecular weight is 355 g/mol. The number of halogens is 1. The Bertz CT molecular complexity index is 677. The highest BCUT2D eigenvalue weighted by Gasteiger charge is 2.18. The normalized spacial score (nSPS) is 11.5. The Morgan fingerprint density at radius 3 is 2.73 bits per heavy atom. The number of hydrogen-bond acceptors (Lipinski definition) is 4. The number of carbonyl (C=O) groups is 1. The number of rotatable bonds is 4. The summed E-state index contributed by atoms with van der Waals surface area (Å²) in [6.45, 7) is 8.32. The second-order valence-corrected chi connectivity index (χ2v) is 8.54. The van der Waals surface area contributed by atoms with Gasteiger partial charge in [-0.3, -0.25) is 4.79 Å². The summed E-state index contributed by atoms with van der Waals surface area (Å²) in [6.07, 6.45) is 0. The van der Waals surface area contributed by atoms with Crippen LogP contribution >= 0.6 is 34.7 Å². The Hall–Kier alpha value is -1.04. The van der Waals surface area contributed by atoms with E-state index in [2.05, 4.69) is 36.5 Å². The minimum absolute atomic E-state index is 0.0379. The molecule has 2 rings (SSSR count). The third-order valence-electron chi connectivity index (χ3n) is 3.03. The molecule has 0 radical (unpaired) electrons.